The number of amides is 1. The molecule has 4 rings (SSSR count). The van der Waals surface area contributed by atoms with Crippen molar-refractivity contribution >= 4 is 28.5 Å². The summed E-state index contributed by atoms with van der Waals surface area (Å²) < 4.78 is 68.8. The Labute approximate surface area is 193 Å². The van der Waals surface area contributed by atoms with E-state index in [9.17, 15) is 22.4 Å². The Morgan fingerprint density at radius 3 is 2.76 bits per heavy atom. The fraction of sp³-hybridized carbons (Fsp3) is 0.421. The van der Waals surface area contributed by atoms with Crippen LogP contribution in [-0.4, -0.2) is 58.3 Å². The van der Waals surface area contributed by atoms with Crippen LogP contribution in [0, 0.1) is 5.82 Å². The van der Waals surface area contributed by atoms with Crippen LogP contribution >= 0.6 is 11.6 Å². The van der Waals surface area contributed by atoms with E-state index in [1.54, 1.807) is 0 Å². The summed E-state index contributed by atoms with van der Waals surface area (Å²) in [6.07, 6.45) is -3.46. The summed E-state index contributed by atoms with van der Waals surface area (Å²) >= 11 is 5.72. The number of fused-ring (bicyclic) bond motifs is 1. The molecule has 1 amide bonds. The van der Waals surface area contributed by atoms with Crippen LogP contribution in [0.25, 0.3) is 11.0 Å². The molecule has 1 aromatic carbocycles. The lowest BCUT2D eigenvalue weighted by Crippen LogP contribution is -2.41. The minimum atomic E-state index is -4.75. The van der Waals surface area contributed by atoms with Crippen molar-refractivity contribution in [1.29, 1.82) is 0 Å². The van der Waals surface area contributed by atoms with E-state index >= 15 is 0 Å². The molecule has 3 heterocycles. The largest absolute Gasteiger partial charge is 0.522 e. The normalized spacial score (nSPS) is 18.7. The van der Waals surface area contributed by atoms with Gasteiger partial charge in [0.2, 0.25) is 5.89 Å². The van der Waals surface area contributed by atoms with Crippen molar-refractivity contribution in [2.24, 2.45) is 0 Å². The fourth-order valence-electron chi connectivity index (χ4n) is 3.13. The van der Waals surface area contributed by atoms with E-state index < -0.39 is 37.4 Å². The summed E-state index contributed by atoms with van der Waals surface area (Å²) in [7, 11) is 0. The summed E-state index contributed by atoms with van der Waals surface area (Å²) in [5.74, 6) is -1.08. The Morgan fingerprint density at radius 2 is 2.03 bits per heavy atom. The Bertz CT molecular complexity index is 1170. The van der Waals surface area contributed by atoms with Crippen LogP contribution in [0.15, 0.2) is 22.7 Å². The summed E-state index contributed by atoms with van der Waals surface area (Å²) in [5, 5.41) is 10.0. The van der Waals surface area contributed by atoms with Crippen molar-refractivity contribution in [3.05, 3.63) is 40.8 Å². The van der Waals surface area contributed by atoms with Gasteiger partial charge in [-0.15, -0.1) is 18.3 Å². The van der Waals surface area contributed by atoms with E-state index in [1.165, 1.54) is 12.3 Å². The maximum atomic E-state index is 13.7. The van der Waals surface area contributed by atoms with Gasteiger partial charge in [0.05, 0.1) is 41.5 Å². The van der Waals surface area contributed by atoms with Gasteiger partial charge in [0.25, 0.3) is 5.91 Å². The van der Waals surface area contributed by atoms with Crippen LogP contribution < -0.4 is 10.1 Å². The maximum Gasteiger partial charge on any atom is 0.522 e. The lowest BCUT2D eigenvalue weighted by atomic mass is 10.0. The van der Waals surface area contributed by atoms with Gasteiger partial charge in [-0.2, -0.15) is 0 Å². The van der Waals surface area contributed by atoms with Crippen LogP contribution in [0.2, 0.25) is 5.02 Å². The third-order valence-electron chi connectivity index (χ3n) is 4.70. The number of rotatable bonds is 7. The second-order valence-electron chi connectivity index (χ2n) is 7.13. The first-order valence-electron chi connectivity index (χ1n) is 9.89. The summed E-state index contributed by atoms with van der Waals surface area (Å²) in [4.78, 5) is 20.7. The third kappa shape index (κ3) is 6.07. The van der Waals surface area contributed by atoms with Crippen molar-refractivity contribution in [2.75, 3.05) is 19.8 Å². The summed E-state index contributed by atoms with van der Waals surface area (Å²) in [5.41, 5.74) is 0.543. The molecule has 0 radical (unpaired) electrons. The van der Waals surface area contributed by atoms with Gasteiger partial charge in [0.1, 0.15) is 24.2 Å². The number of ether oxygens (including phenoxy) is 3. The van der Waals surface area contributed by atoms with Crippen LogP contribution in [0.1, 0.15) is 35.3 Å². The van der Waals surface area contributed by atoms with Crippen molar-refractivity contribution in [1.82, 2.24) is 25.5 Å². The molecule has 2 aromatic heterocycles. The minimum absolute atomic E-state index is 0.00420. The zero-order valence-corrected chi connectivity index (χ0v) is 17.9. The minimum Gasteiger partial charge on any atom is -0.447 e. The second kappa shape index (κ2) is 10.0. The van der Waals surface area contributed by atoms with E-state index in [0.717, 1.165) is 6.07 Å². The van der Waals surface area contributed by atoms with Crippen molar-refractivity contribution in [3.63, 3.8) is 0 Å². The number of nitrogens with zero attached hydrogens (tertiary/aromatic N) is 4. The molecule has 34 heavy (non-hydrogen) atoms. The van der Waals surface area contributed by atoms with E-state index in [2.05, 4.69) is 30.2 Å². The molecule has 0 bridgehead atoms. The Hall–Kier alpha value is -3.10. The monoisotopic (exact) mass is 505 g/mol. The van der Waals surface area contributed by atoms with Gasteiger partial charge in [0.15, 0.2) is 0 Å². The molecule has 182 valence electrons. The Balaban J connectivity index is 1.26. The molecule has 10 nitrogen and oxygen atoms in total. The zero-order chi connectivity index (χ0) is 24.3. The highest BCUT2D eigenvalue weighted by Crippen LogP contribution is 2.28. The highest BCUT2D eigenvalue weighted by atomic mass is 35.5. The van der Waals surface area contributed by atoms with Gasteiger partial charge < -0.3 is 19.2 Å². The second-order valence-corrected chi connectivity index (χ2v) is 7.54. The Kier molecular flexibility index (Phi) is 7.09. The predicted octanol–water partition coefficient (Wildman–Crippen LogP) is 3.37. The number of nitrogens with one attached hydrogen (secondary N) is 1. The molecule has 0 spiro atoms. The molecule has 1 aliphatic heterocycles. The van der Waals surface area contributed by atoms with E-state index in [1.807, 2.05) is 0 Å². The van der Waals surface area contributed by atoms with Crippen LogP contribution in [-0.2, 0) is 9.47 Å². The zero-order valence-electron chi connectivity index (χ0n) is 17.1. The number of aromatic nitrogens is 4. The van der Waals surface area contributed by atoms with Crippen LogP contribution in [0.3, 0.4) is 0 Å². The molecule has 1 fully saturated rings. The molecular formula is C19H16ClF4N5O5. The molecule has 3 aromatic rings. The van der Waals surface area contributed by atoms with Crippen molar-refractivity contribution in [3.8, 4) is 6.08 Å². The van der Waals surface area contributed by atoms with Gasteiger partial charge in [-0.25, -0.2) is 9.37 Å². The highest BCUT2D eigenvalue weighted by Gasteiger charge is 2.30. The number of hydrogen-bond acceptors (Lipinski definition) is 9. The summed E-state index contributed by atoms with van der Waals surface area (Å²) in [6.45, 7) is -1.04. The van der Waals surface area contributed by atoms with Gasteiger partial charge in [0, 0.05) is 6.07 Å². The smallest absolute Gasteiger partial charge is 0.447 e. The first-order chi connectivity index (χ1) is 16.2. The molecule has 0 saturated carbocycles. The molecule has 1 aliphatic rings. The highest BCUT2D eigenvalue weighted by molar-refractivity contribution is 6.31. The van der Waals surface area contributed by atoms with Crippen molar-refractivity contribution < 1.29 is 41.0 Å². The van der Waals surface area contributed by atoms with Crippen LogP contribution in [0.5, 0.6) is 6.08 Å². The Morgan fingerprint density at radius 1 is 1.21 bits per heavy atom. The van der Waals surface area contributed by atoms with E-state index in [4.69, 9.17) is 25.5 Å². The molecule has 15 heteroatoms. The number of hydrogen-bond donors (Lipinski definition) is 1. The first-order valence-corrected chi connectivity index (χ1v) is 10.3. The molecule has 0 unspecified atom stereocenters. The SMILES string of the molecule is O=C(N[C@@H]1CC[C@@H](c2nnc(OCCOC(F)(F)F)o2)OC1)c1cnc2cc(Cl)c(F)cc2n1. The summed E-state index contributed by atoms with van der Waals surface area (Å²) in [6, 6.07) is 2.07. The topological polar surface area (TPSA) is 121 Å². The van der Waals surface area contributed by atoms with Gasteiger partial charge in [-0.05, 0) is 18.9 Å². The van der Waals surface area contributed by atoms with E-state index in [0.29, 0.717) is 18.4 Å². The number of alkyl halides is 3. The first kappa shape index (κ1) is 24.0. The molecule has 0 aliphatic carbocycles. The average Bonchev–Trinajstić information content (AvgIpc) is 3.26. The number of carbonyl (C=O) groups excluding carboxylic acids is 1. The van der Waals surface area contributed by atoms with E-state index in [-0.39, 0.29) is 40.8 Å². The average molecular weight is 506 g/mol. The lowest BCUT2D eigenvalue weighted by molar-refractivity contribution is -0.325. The van der Waals surface area contributed by atoms with Gasteiger partial charge in [-0.1, -0.05) is 16.7 Å². The molecule has 2 atom stereocenters. The molecule has 1 N–H and O–H groups in total. The number of halogens is 5. The predicted molar refractivity (Wildman–Crippen MR) is 105 cm³/mol. The standard InChI is InChI=1S/C19H16ClF4N5O5/c20-10-5-12-13(6-11(10)21)27-14(7-25-12)16(30)26-9-1-2-15(32-8-9)17-28-29-18(34-17)31-3-4-33-19(22,23)24/h5-7,9,15H,1-4,8H2,(H,26,30)/t9-,15+/m1/s1. The molecular weight excluding hydrogens is 490 g/mol. The lowest BCUT2D eigenvalue weighted by Gasteiger charge is -2.27. The van der Waals surface area contributed by atoms with Gasteiger partial charge >= 0.3 is 12.4 Å². The third-order valence-corrected chi connectivity index (χ3v) is 4.99. The van der Waals surface area contributed by atoms with Crippen LogP contribution in [0.4, 0.5) is 17.6 Å². The van der Waals surface area contributed by atoms with Gasteiger partial charge in [-0.3, -0.25) is 14.5 Å². The number of benzene rings is 1. The maximum absolute atomic E-state index is 13.7. The number of carbonyl (C=O) groups is 1. The molecule has 1 saturated heterocycles. The van der Waals surface area contributed by atoms with Crippen molar-refractivity contribution in [2.45, 2.75) is 31.3 Å². The quantitative estimate of drug-likeness (QED) is 0.380. The fourth-order valence-corrected chi connectivity index (χ4v) is 3.29.